The molecule has 0 saturated heterocycles. The Balaban J connectivity index is 2.34. The number of carbonyl (C=O) groups is 2. The van der Waals surface area contributed by atoms with Gasteiger partial charge in [-0.25, -0.2) is 22.8 Å². The molecule has 0 heterocycles. The first-order chi connectivity index (χ1) is 12.0. The van der Waals surface area contributed by atoms with E-state index in [0.717, 1.165) is 6.07 Å². The molecule has 2 N–H and O–H groups in total. The monoisotopic (exact) mass is 371 g/mol. The molecule has 2 unspecified atom stereocenters. The number of alkyl carbamates (subject to hydrolysis) is 1. The van der Waals surface area contributed by atoms with E-state index < -0.39 is 47.1 Å². The molecule has 0 aromatic heterocycles. The van der Waals surface area contributed by atoms with Gasteiger partial charge in [-0.15, -0.1) is 0 Å². The van der Waals surface area contributed by atoms with Crippen molar-refractivity contribution in [2.75, 3.05) is 0 Å². The maximum absolute atomic E-state index is 14.2. The van der Waals surface area contributed by atoms with Crippen molar-refractivity contribution in [1.82, 2.24) is 5.32 Å². The number of rotatable bonds is 3. The molecule has 0 aliphatic heterocycles. The number of aliphatic carboxylic acids is 1. The minimum atomic E-state index is -1.32. The highest BCUT2D eigenvalue weighted by Gasteiger charge is 2.34. The third-order valence-electron chi connectivity index (χ3n) is 3.96. The van der Waals surface area contributed by atoms with Crippen molar-refractivity contribution in [3.63, 3.8) is 0 Å². The number of halogens is 3. The summed E-state index contributed by atoms with van der Waals surface area (Å²) < 4.78 is 46.1. The molecule has 1 aromatic carbocycles. The van der Waals surface area contributed by atoms with Gasteiger partial charge in [0.25, 0.3) is 0 Å². The quantitative estimate of drug-likeness (QED) is 0.791. The van der Waals surface area contributed by atoms with Crippen molar-refractivity contribution in [2.24, 2.45) is 0 Å². The molecule has 0 radical (unpaired) electrons. The van der Waals surface area contributed by atoms with E-state index in [1.807, 2.05) is 0 Å². The second-order valence-corrected chi connectivity index (χ2v) is 7.12. The van der Waals surface area contributed by atoms with Gasteiger partial charge in [0.15, 0.2) is 11.6 Å². The van der Waals surface area contributed by atoms with Gasteiger partial charge in [0, 0.05) is 30.0 Å². The Morgan fingerprint density at radius 1 is 1.15 bits per heavy atom. The van der Waals surface area contributed by atoms with Crippen LogP contribution in [0.2, 0.25) is 0 Å². The summed E-state index contributed by atoms with van der Waals surface area (Å²) >= 11 is 0. The van der Waals surface area contributed by atoms with Crippen LogP contribution >= 0.6 is 0 Å². The Labute approximate surface area is 148 Å². The van der Waals surface area contributed by atoms with Gasteiger partial charge in [-0.05, 0) is 38.8 Å². The average Bonchev–Trinajstić information content (AvgIpc) is 2.49. The minimum absolute atomic E-state index is 0.0457. The van der Waals surface area contributed by atoms with E-state index in [0.29, 0.717) is 6.07 Å². The highest BCUT2D eigenvalue weighted by Crippen LogP contribution is 2.35. The lowest BCUT2D eigenvalue weighted by Gasteiger charge is -2.32. The van der Waals surface area contributed by atoms with E-state index in [-0.39, 0.29) is 24.0 Å². The van der Waals surface area contributed by atoms with Gasteiger partial charge in [-0.2, -0.15) is 0 Å². The number of allylic oxidation sites excluding steroid dienone is 1. The van der Waals surface area contributed by atoms with Crippen molar-refractivity contribution in [1.29, 1.82) is 0 Å². The summed E-state index contributed by atoms with van der Waals surface area (Å²) in [5, 5.41) is 11.7. The molecule has 0 fully saturated rings. The van der Waals surface area contributed by atoms with E-state index >= 15 is 0 Å². The molecule has 1 aromatic rings. The molecular weight excluding hydrogens is 351 g/mol. The van der Waals surface area contributed by atoms with Crippen LogP contribution < -0.4 is 5.32 Å². The molecule has 2 rings (SSSR count). The molecule has 2 atom stereocenters. The largest absolute Gasteiger partial charge is 0.478 e. The van der Waals surface area contributed by atoms with Crippen LogP contribution in [-0.2, 0) is 9.53 Å². The van der Waals surface area contributed by atoms with Crippen LogP contribution in [0.3, 0.4) is 0 Å². The maximum atomic E-state index is 14.2. The first kappa shape index (κ1) is 19.8. The summed E-state index contributed by atoms with van der Waals surface area (Å²) in [6, 6.07) is 0.324. The number of hydrogen-bond donors (Lipinski definition) is 2. The summed E-state index contributed by atoms with van der Waals surface area (Å²) in [5.41, 5.74) is -0.872. The van der Waals surface area contributed by atoms with E-state index in [1.54, 1.807) is 20.8 Å². The van der Waals surface area contributed by atoms with E-state index in [4.69, 9.17) is 4.74 Å². The second-order valence-electron chi connectivity index (χ2n) is 7.12. The number of ether oxygens (including phenoxy) is 1. The predicted octanol–water partition coefficient (Wildman–Crippen LogP) is 3.89. The molecule has 1 amide bonds. The highest BCUT2D eigenvalue weighted by atomic mass is 19.2. The second kappa shape index (κ2) is 7.39. The summed E-state index contributed by atoms with van der Waals surface area (Å²) in [6.07, 6.45) is 0.532. The number of hydrogen-bond acceptors (Lipinski definition) is 3. The standard InChI is InChI=1S/C18H20F3NO4/c1-18(2,3)26-17(25)22-15-6-9(16(23)24)4-5-10(15)11-7-13(20)14(21)8-12(11)19/h4,7-8,10,15H,5-6H2,1-3H3,(H,22,25)(H,23,24). The molecule has 1 aliphatic rings. The van der Waals surface area contributed by atoms with Crippen LogP contribution in [0.4, 0.5) is 18.0 Å². The minimum Gasteiger partial charge on any atom is -0.478 e. The summed E-state index contributed by atoms with van der Waals surface area (Å²) in [4.78, 5) is 23.3. The predicted molar refractivity (Wildman–Crippen MR) is 87.2 cm³/mol. The Kier molecular flexibility index (Phi) is 5.63. The van der Waals surface area contributed by atoms with Gasteiger partial charge >= 0.3 is 12.1 Å². The molecule has 0 saturated carbocycles. The Hall–Kier alpha value is -2.51. The molecule has 0 spiro atoms. The van der Waals surface area contributed by atoms with Crippen LogP contribution in [0.1, 0.15) is 45.1 Å². The summed E-state index contributed by atoms with van der Waals surface area (Å²) in [5.74, 6) is -5.42. The number of carbonyl (C=O) groups excluding carboxylic acids is 1. The number of amides is 1. The molecule has 0 bridgehead atoms. The first-order valence-electron chi connectivity index (χ1n) is 8.04. The van der Waals surface area contributed by atoms with Crippen molar-refractivity contribution in [3.8, 4) is 0 Å². The van der Waals surface area contributed by atoms with Crippen molar-refractivity contribution >= 4 is 12.1 Å². The SMILES string of the molecule is CC(C)(C)OC(=O)NC1CC(C(=O)O)=CCC1c1cc(F)c(F)cc1F. The fourth-order valence-electron chi connectivity index (χ4n) is 2.85. The van der Waals surface area contributed by atoms with Gasteiger partial charge in [-0.3, -0.25) is 0 Å². The highest BCUT2D eigenvalue weighted by molar-refractivity contribution is 5.87. The molecule has 1 aliphatic carbocycles. The van der Waals surface area contributed by atoms with Crippen molar-refractivity contribution in [3.05, 3.63) is 46.8 Å². The normalized spacial score (nSPS) is 20.3. The molecule has 8 heteroatoms. The summed E-state index contributed by atoms with van der Waals surface area (Å²) in [7, 11) is 0. The van der Waals surface area contributed by atoms with E-state index in [2.05, 4.69) is 5.32 Å². The number of benzene rings is 1. The van der Waals surface area contributed by atoms with Gasteiger partial charge in [0.2, 0.25) is 0 Å². The number of nitrogens with one attached hydrogen (secondary N) is 1. The zero-order valence-electron chi connectivity index (χ0n) is 14.6. The average molecular weight is 371 g/mol. The van der Waals surface area contributed by atoms with Crippen molar-refractivity contribution < 1.29 is 32.6 Å². The fraction of sp³-hybridized carbons (Fsp3) is 0.444. The van der Waals surface area contributed by atoms with Crippen LogP contribution in [0.5, 0.6) is 0 Å². The molecule has 5 nitrogen and oxygen atoms in total. The van der Waals surface area contributed by atoms with Crippen LogP contribution in [0, 0.1) is 17.5 Å². The lowest BCUT2D eigenvalue weighted by Crippen LogP contribution is -2.44. The van der Waals surface area contributed by atoms with Crippen LogP contribution in [0.25, 0.3) is 0 Å². The van der Waals surface area contributed by atoms with Crippen LogP contribution in [-0.4, -0.2) is 28.8 Å². The number of carboxylic acid groups (broad SMARTS) is 1. The van der Waals surface area contributed by atoms with Gasteiger partial charge in [0.05, 0.1) is 0 Å². The van der Waals surface area contributed by atoms with Gasteiger partial charge in [-0.1, -0.05) is 6.08 Å². The Bertz CT molecular complexity index is 756. The lowest BCUT2D eigenvalue weighted by atomic mass is 9.80. The smallest absolute Gasteiger partial charge is 0.407 e. The third-order valence-corrected chi connectivity index (χ3v) is 3.96. The lowest BCUT2D eigenvalue weighted by molar-refractivity contribution is -0.133. The molecular formula is C18H20F3NO4. The third kappa shape index (κ3) is 4.77. The maximum Gasteiger partial charge on any atom is 0.407 e. The molecule has 26 heavy (non-hydrogen) atoms. The first-order valence-corrected chi connectivity index (χ1v) is 8.04. The van der Waals surface area contributed by atoms with E-state index in [9.17, 15) is 27.9 Å². The summed E-state index contributed by atoms with van der Waals surface area (Å²) in [6.45, 7) is 4.97. The topological polar surface area (TPSA) is 75.6 Å². The molecule has 142 valence electrons. The zero-order chi connectivity index (χ0) is 19.6. The van der Waals surface area contributed by atoms with Gasteiger partial charge < -0.3 is 15.2 Å². The Morgan fingerprint density at radius 3 is 2.35 bits per heavy atom. The van der Waals surface area contributed by atoms with Crippen LogP contribution in [0.15, 0.2) is 23.8 Å². The zero-order valence-corrected chi connectivity index (χ0v) is 14.6. The number of carboxylic acids is 1. The van der Waals surface area contributed by atoms with Gasteiger partial charge in [0.1, 0.15) is 11.4 Å². The van der Waals surface area contributed by atoms with Crippen molar-refractivity contribution in [2.45, 2.75) is 51.2 Å². The van der Waals surface area contributed by atoms with E-state index in [1.165, 1.54) is 6.08 Å². The Morgan fingerprint density at radius 2 is 1.77 bits per heavy atom. The fourth-order valence-corrected chi connectivity index (χ4v) is 2.85.